The van der Waals surface area contributed by atoms with Gasteiger partial charge in [0.05, 0.1) is 0 Å². The molecular formula is C12H21NO3Si. The van der Waals surface area contributed by atoms with E-state index in [9.17, 15) is 0 Å². The van der Waals surface area contributed by atoms with Gasteiger partial charge in [-0.1, -0.05) is 18.2 Å². The first-order valence-corrected chi connectivity index (χ1v) is 7.10. The summed E-state index contributed by atoms with van der Waals surface area (Å²) in [6, 6.07) is 10.7. The van der Waals surface area contributed by atoms with Crippen molar-refractivity contribution in [2.24, 2.45) is 0 Å². The number of hydrogen-bond donors (Lipinski definition) is 1. The zero-order valence-electron chi connectivity index (χ0n) is 10.9. The summed E-state index contributed by atoms with van der Waals surface area (Å²) < 4.78 is 16.4. The molecule has 0 aliphatic rings. The SMILES string of the molecule is COC(C[SiH3])C(Nc1ccccc1)(OC)OC. The lowest BCUT2D eigenvalue weighted by Gasteiger charge is -2.37. The molecule has 0 saturated heterocycles. The molecule has 1 atom stereocenters. The maximum absolute atomic E-state index is 5.50. The molecule has 0 fully saturated rings. The summed E-state index contributed by atoms with van der Waals surface area (Å²) in [7, 11) is 5.91. The van der Waals surface area contributed by atoms with Crippen LogP contribution in [0.1, 0.15) is 0 Å². The number of rotatable bonds is 7. The van der Waals surface area contributed by atoms with Crippen molar-refractivity contribution in [1.82, 2.24) is 0 Å². The molecule has 0 amide bonds. The highest BCUT2D eigenvalue weighted by molar-refractivity contribution is 6.09. The summed E-state index contributed by atoms with van der Waals surface area (Å²) >= 11 is 0. The van der Waals surface area contributed by atoms with E-state index >= 15 is 0 Å². The van der Waals surface area contributed by atoms with Gasteiger partial charge >= 0.3 is 0 Å². The summed E-state index contributed by atoms with van der Waals surface area (Å²) in [6.07, 6.45) is -0.135. The molecule has 0 bridgehead atoms. The minimum absolute atomic E-state index is 0.135. The first-order chi connectivity index (χ1) is 8.22. The van der Waals surface area contributed by atoms with Crippen LogP contribution in [0.15, 0.2) is 30.3 Å². The predicted molar refractivity (Wildman–Crippen MR) is 72.4 cm³/mol. The van der Waals surface area contributed by atoms with E-state index in [0.717, 1.165) is 22.0 Å². The average molecular weight is 255 g/mol. The molecule has 1 aromatic rings. The highest BCUT2D eigenvalue weighted by atomic mass is 28.1. The van der Waals surface area contributed by atoms with Crippen LogP contribution in [0.5, 0.6) is 0 Å². The van der Waals surface area contributed by atoms with Crippen LogP contribution in [0.4, 0.5) is 5.69 Å². The summed E-state index contributed by atoms with van der Waals surface area (Å²) in [4.78, 5) is 0. The van der Waals surface area contributed by atoms with Crippen LogP contribution in [-0.4, -0.2) is 43.6 Å². The third-order valence-corrected chi connectivity index (χ3v) is 3.52. The molecular weight excluding hydrogens is 234 g/mol. The minimum Gasteiger partial charge on any atom is -0.374 e. The second-order valence-electron chi connectivity index (χ2n) is 3.70. The van der Waals surface area contributed by atoms with Gasteiger partial charge in [-0.05, 0) is 18.2 Å². The van der Waals surface area contributed by atoms with Gasteiger partial charge in [0.1, 0.15) is 6.10 Å². The van der Waals surface area contributed by atoms with Gasteiger partial charge in [-0.3, -0.25) is 0 Å². The summed E-state index contributed by atoms with van der Waals surface area (Å²) in [5.41, 5.74) is 0.938. The maximum Gasteiger partial charge on any atom is 0.276 e. The van der Waals surface area contributed by atoms with Crippen LogP contribution in [0.2, 0.25) is 6.04 Å². The van der Waals surface area contributed by atoms with E-state index in [1.54, 1.807) is 21.3 Å². The van der Waals surface area contributed by atoms with Crippen LogP contribution in [0.3, 0.4) is 0 Å². The van der Waals surface area contributed by atoms with E-state index in [0.29, 0.717) is 0 Å². The van der Waals surface area contributed by atoms with Crippen molar-refractivity contribution in [1.29, 1.82) is 0 Å². The molecule has 0 aromatic heterocycles. The van der Waals surface area contributed by atoms with Crippen LogP contribution in [0, 0.1) is 0 Å². The van der Waals surface area contributed by atoms with Gasteiger partial charge in [-0.15, -0.1) is 0 Å². The van der Waals surface area contributed by atoms with Crippen molar-refractivity contribution in [3.8, 4) is 0 Å². The van der Waals surface area contributed by atoms with E-state index < -0.39 is 5.91 Å². The summed E-state index contributed by atoms with van der Waals surface area (Å²) in [5, 5.41) is 3.25. The lowest BCUT2D eigenvalue weighted by Crippen LogP contribution is -2.53. The molecule has 96 valence electrons. The fourth-order valence-corrected chi connectivity index (χ4v) is 2.71. The van der Waals surface area contributed by atoms with Gasteiger partial charge in [0.25, 0.3) is 5.91 Å². The number of hydrogen-bond acceptors (Lipinski definition) is 4. The first-order valence-electron chi connectivity index (χ1n) is 5.68. The summed E-state index contributed by atoms with van der Waals surface area (Å²) in [5.74, 6) is -0.933. The smallest absolute Gasteiger partial charge is 0.276 e. The normalized spacial score (nSPS) is 13.6. The second kappa shape index (κ2) is 6.76. The number of benzene rings is 1. The molecule has 0 aliphatic heterocycles. The van der Waals surface area contributed by atoms with E-state index in [4.69, 9.17) is 14.2 Å². The monoisotopic (exact) mass is 255 g/mol. The molecule has 0 aliphatic carbocycles. The fraction of sp³-hybridized carbons (Fsp3) is 0.500. The highest BCUT2D eigenvalue weighted by Crippen LogP contribution is 2.24. The van der Waals surface area contributed by atoms with Gasteiger partial charge in [0.15, 0.2) is 0 Å². The van der Waals surface area contributed by atoms with Crippen molar-refractivity contribution in [3.63, 3.8) is 0 Å². The molecule has 0 saturated carbocycles. The third kappa shape index (κ3) is 3.29. The van der Waals surface area contributed by atoms with Crippen LogP contribution in [0.25, 0.3) is 0 Å². The molecule has 0 heterocycles. The Balaban J connectivity index is 2.91. The largest absolute Gasteiger partial charge is 0.374 e. The molecule has 5 heteroatoms. The van der Waals surface area contributed by atoms with Gasteiger partial charge in [0, 0.05) is 37.3 Å². The number of ether oxygens (including phenoxy) is 3. The van der Waals surface area contributed by atoms with Crippen molar-refractivity contribution >= 4 is 15.9 Å². The topological polar surface area (TPSA) is 39.7 Å². The molecule has 4 nitrogen and oxygen atoms in total. The van der Waals surface area contributed by atoms with E-state index in [1.807, 2.05) is 30.3 Å². The first kappa shape index (κ1) is 14.2. The van der Waals surface area contributed by atoms with Gasteiger partial charge in [-0.2, -0.15) is 0 Å². The Kier molecular flexibility index (Phi) is 5.63. The van der Waals surface area contributed by atoms with Crippen molar-refractivity contribution < 1.29 is 14.2 Å². The Bertz CT molecular complexity index is 313. The Hall–Kier alpha value is -0.883. The van der Waals surface area contributed by atoms with E-state index in [-0.39, 0.29) is 6.10 Å². The average Bonchev–Trinajstić information content (AvgIpc) is 2.40. The number of para-hydroxylation sites is 1. The van der Waals surface area contributed by atoms with Crippen molar-refractivity contribution in [2.75, 3.05) is 26.6 Å². The Morgan fingerprint density at radius 1 is 1.18 bits per heavy atom. The second-order valence-corrected chi connectivity index (χ2v) is 4.52. The van der Waals surface area contributed by atoms with Crippen LogP contribution in [-0.2, 0) is 14.2 Å². The third-order valence-electron chi connectivity index (χ3n) is 2.78. The number of methoxy groups -OCH3 is 3. The van der Waals surface area contributed by atoms with Gasteiger partial charge in [0.2, 0.25) is 0 Å². The Labute approximate surface area is 106 Å². The molecule has 0 spiro atoms. The van der Waals surface area contributed by atoms with Crippen LogP contribution < -0.4 is 5.32 Å². The highest BCUT2D eigenvalue weighted by Gasteiger charge is 2.39. The zero-order valence-corrected chi connectivity index (χ0v) is 12.9. The molecule has 1 rings (SSSR count). The van der Waals surface area contributed by atoms with Crippen LogP contribution >= 0.6 is 0 Å². The standard InChI is InChI=1S/C12H21NO3Si/c1-14-11(9-17)12(15-2,16-3)13-10-7-5-4-6-8-10/h4-8,11,13H,9H2,1-3,17H3. The quantitative estimate of drug-likeness (QED) is 0.579. The molecule has 0 radical (unpaired) electrons. The van der Waals surface area contributed by atoms with Crippen molar-refractivity contribution in [2.45, 2.75) is 18.1 Å². The zero-order chi connectivity index (χ0) is 12.7. The molecule has 1 unspecified atom stereocenters. The van der Waals surface area contributed by atoms with Crippen molar-refractivity contribution in [3.05, 3.63) is 30.3 Å². The Morgan fingerprint density at radius 2 is 1.76 bits per heavy atom. The van der Waals surface area contributed by atoms with Gasteiger partial charge < -0.3 is 19.5 Å². The lowest BCUT2D eigenvalue weighted by atomic mass is 10.2. The molecule has 1 aromatic carbocycles. The minimum atomic E-state index is -0.933. The summed E-state index contributed by atoms with van der Waals surface area (Å²) in [6.45, 7) is 0. The maximum atomic E-state index is 5.50. The van der Waals surface area contributed by atoms with Gasteiger partial charge in [-0.25, -0.2) is 0 Å². The number of nitrogens with one attached hydrogen (secondary N) is 1. The lowest BCUT2D eigenvalue weighted by molar-refractivity contribution is -0.241. The molecule has 17 heavy (non-hydrogen) atoms. The molecule has 1 N–H and O–H groups in total. The van der Waals surface area contributed by atoms with E-state index in [2.05, 4.69) is 5.32 Å². The predicted octanol–water partition coefficient (Wildman–Crippen LogP) is 0.844. The number of anilines is 1. The Morgan fingerprint density at radius 3 is 2.18 bits per heavy atom. The van der Waals surface area contributed by atoms with E-state index in [1.165, 1.54) is 0 Å². The fourth-order valence-electron chi connectivity index (χ4n) is 1.84.